The molecule has 0 bridgehead atoms. The van der Waals surface area contributed by atoms with Crippen molar-refractivity contribution < 1.29 is 15.0 Å². The Bertz CT molecular complexity index is 960. The fourth-order valence-electron chi connectivity index (χ4n) is 3.91. The molecule has 0 saturated heterocycles. The second-order valence-corrected chi connectivity index (χ2v) is 7.31. The van der Waals surface area contributed by atoms with Crippen LogP contribution in [0.15, 0.2) is 54.9 Å². The van der Waals surface area contributed by atoms with Gasteiger partial charge in [-0.15, -0.1) is 0 Å². The first-order valence-corrected chi connectivity index (χ1v) is 9.60. The predicted molar refractivity (Wildman–Crippen MR) is 105 cm³/mol. The zero-order valence-electron chi connectivity index (χ0n) is 15.5. The number of carboxylic acids is 1. The van der Waals surface area contributed by atoms with Crippen molar-refractivity contribution in [3.63, 3.8) is 0 Å². The second-order valence-electron chi connectivity index (χ2n) is 7.31. The summed E-state index contributed by atoms with van der Waals surface area (Å²) in [6, 6.07) is 13.8. The number of hydrogen-bond acceptors (Lipinski definition) is 4. The zero-order valence-corrected chi connectivity index (χ0v) is 15.5. The second kappa shape index (κ2) is 7.94. The molecule has 1 aromatic carbocycles. The Balaban J connectivity index is 1.72. The van der Waals surface area contributed by atoms with Crippen LogP contribution in [0.25, 0.3) is 11.3 Å². The van der Waals surface area contributed by atoms with E-state index in [1.54, 1.807) is 6.20 Å². The Morgan fingerprint density at radius 1 is 1.11 bits per heavy atom. The zero-order chi connectivity index (χ0) is 19.5. The maximum Gasteiger partial charge on any atom is 0.336 e. The highest BCUT2D eigenvalue weighted by Crippen LogP contribution is 2.32. The van der Waals surface area contributed by atoms with Gasteiger partial charge in [0.25, 0.3) is 0 Å². The first-order valence-electron chi connectivity index (χ1n) is 9.60. The van der Waals surface area contributed by atoms with Crippen LogP contribution in [0.2, 0.25) is 0 Å². The predicted octanol–water partition coefficient (Wildman–Crippen LogP) is 3.71. The molecule has 2 N–H and O–H groups in total. The van der Waals surface area contributed by atoms with Gasteiger partial charge in [0.15, 0.2) is 0 Å². The summed E-state index contributed by atoms with van der Waals surface area (Å²) in [5.41, 5.74) is 3.82. The Kier molecular flexibility index (Phi) is 5.21. The van der Waals surface area contributed by atoms with Gasteiger partial charge in [0.2, 0.25) is 0 Å². The first-order chi connectivity index (χ1) is 13.6. The number of nitrogens with zero attached hydrogens (tertiary/aromatic N) is 3. The molecule has 6 nitrogen and oxygen atoms in total. The molecule has 0 unspecified atom stereocenters. The molecule has 1 fully saturated rings. The van der Waals surface area contributed by atoms with Crippen LogP contribution in [0.3, 0.4) is 0 Å². The molecule has 0 aliphatic heterocycles. The van der Waals surface area contributed by atoms with E-state index in [4.69, 9.17) is 5.10 Å². The number of hydrogen-bond donors (Lipinski definition) is 2. The summed E-state index contributed by atoms with van der Waals surface area (Å²) in [7, 11) is 0. The third kappa shape index (κ3) is 3.82. The van der Waals surface area contributed by atoms with E-state index < -0.39 is 5.97 Å². The average molecular weight is 377 g/mol. The van der Waals surface area contributed by atoms with Gasteiger partial charge in [-0.05, 0) is 43.4 Å². The summed E-state index contributed by atoms with van der Waals surface area (Å²) >= 11 is 0. The average Bonchev–Trinajstić information content (AvgIpc) is 3.13. The van der Waals surface area contributed by atoms with Crippen LogP contribution in [0.1, 0.15) is 53.3 Å². The quantitative estimate of drug-likeness (QED) is 0.708. The topological polar surface area (TPSA) is 88.2 Å². The van der Waals surface area contributed by atoms with Crippen LogP contribution in [-0.2, 0) is 6.42 Å². The van der Waals surface area contributed by atoms with Gasteiger partial charge in [-0.2, -0.15) is 5.10 Å². The first kappa shape index (κ1) is 18.4. The molecule has 1 aliphatic rings. The lowest BCUT2D eigenvalue weighted by atomic mass is 9.93. The lowest BCUT2D eigenvalue weighted by Gasteiger charge is -2.27. The summed E-state index contributed by atoms with van der Waals surface area (Å²) in [6.45, 7) is 0. The maximum absolute atomic E-state index is 11.6. The Hall–Kier alpha value is -2.99. The number of pyridine rings is 1. The molecule has 2 heterocycles. The van der Waals surface area contributed by atoms with Crippen LogP contribution >= 0.6 is 0 Å². The van der Waals surface area contributed by atoms with Crippen LogP contribution in [-0.4, -0.2) is 37.1 Å². The van der Waals surface area contributed by atoms with Crippen molar-refractivity contribution in [1.82, 2.24) is 14.8 Å². The van der Waals surface area contributed by atoms with Crippen LogP contribution < -0.4 is 0 Å². The third-order valence-electron chi connectivity index (χ3n) is 5.40. The molecule has 0 spiro atoms. The van der Waals surface area contributed by atoms with Crippen molar-refractivity contribution in [2.75, 3.05) is 0 Å². The SMILES string of the molecule is O=C(O)c1ccncc1Cc1cc(-c2ccccc2)nn1C1CCC(O)CC1. The molecular weight excluding hydrogens is 354 g/mol. The number of aliphatic hydroxyl groups excluding tert-OH is 1. The number of aromatic nitrogens is 3. The van der Waals surface area contributed by atoms with E-state index in [9.17, 15) is 15.0 Å². The monoisotopic (exact) mass is 377 g/mol. The molecular formula is C22H23N3O3. The van der Waals surface area contributed by atoms with Crippen molar-refractivity contribution in [1.29, 1.82) is 0 Å². The summed E-state index contributed by atoms with van der Waals surface area (Å²) in [6.07, 6.45) is 6.59. The number of aromatic carboxylic acids is 1. The van der Waals surface area contributed by atoms with Crippen molar-refractivity contribution in [3.05, 3.63) is 71.7 Å². The highest BCUT2D eigenvalue weighted by atomic mass is 16.4. The fraction of sp³-hybridized carbons (Fsp3) is 0.318. The van der Waals surface area contributed by atoms with Crippen molar-refractivity contribution in [2.45, 2.75) is 44.2 Å². The minimum absolute atomic E-state index is 0.209. The maximum atomic E-state index is 11.6. The smallest absolute Gasteiger partial charge is 0.336 e. The van der Waals surface area contributed by atoms with Crippen LogP contribution in [0.5, 0.6) is 0 Å². The molecule has 28 heavy (non-hydrogen) atoms. The van der Waals surface area contributed by atoms with Gasteiger partial charge in [-0.3, -0.25) is 9.67 Å². The van der Waals surface area contributed by atoms with E-state index in [1.807, 2.05) is 41.1 Å². The molecule has 2 aromatic heterocycles. The van der Waals surface area contributed by atoms with Crippen molar-refractivity contribution in [2.24, 2.45) is 0 Å². The number of carbonyl (C=O) groups is 1. The van der Waals surface area contributed by atoms with E-state index in [1.165, 1.54) is 12.3 Å². The molecule has 144 valence electrons. The van der Waals surface area contributed by atoms with E-state index in [0.717, 1.165) is 42.6 Å². The number of benzene rings is 1. The minimum atomic E-state index is -0.951. The summed E-state index contributed by atoms with van der Waals surface area (Å²) in [5.74, 6) is -0.951. The van der Waals surface area contributed by atoms with Gasteiger partial charge in [0, 0.05) is 30.1 Å². The summed E-state index contributed by atoms with van der Waals surface area (Å²) in [5, 5.41) is 24.2. The Morgan fingerprint density at radius 2 is 1.86 bits per heavy atom. The van der Waals surface area contributed by atoms with Gasteiger partial charge >= 0.3 is 5.97 Å². The largest absolute Gasteiger partial charge is 0.478 e. The van der Waals surface area contributed by atoms with Gasteiger partial charge in [-0.1, -0.05) is 30.3 Å². The van der Waals surface area contributed by atoms with Gasteiger partial charge in [0.1, 0.15) is 0 Å². The molecule has 0 radical (unpaired) electrons. The standard InChI is InChI=1S/C22H23N3O3/c26-19-8-6-17(7-9-19)25-18(12-16-14-23-11-10-20(16)22(27)28)13-21(24-25)15-4-2-1-3-5-15/h1-5,10-11,13-14,17,19,26H,6-9,12H2,(H,27,28). The number of rotatable bonds is 5. The van der Waals surface area contributed by atoms with Crippen molar-refractivity contribution in [3.8, 4) is 11.3 Å². The van der Waals surface area contributed by atoms with E-state index in [2.05, 4.69) is 4.98 Å². The van der Waals surface area contributed by atoms with Gasteiger partial charge in [-0.25, -0.2) is 4.79 Å². The normalized spacial score (nSPS) is 19.5. The minimum Gasteiger partial charge on any atom is -0.478 e. The summed E-state index contributed by atoms with van der Waals surface area (Å²) < 4.78 is 2.03. The lowest BCUT2D eigenvalue weighted by molar-refractivity contribution is 0.0695. The van der Waals surface area contributed by atoms with Crippen LogP contribution in [0, 0.1) is 0 Å². The fourth-order valence-corrected chi connectivity index (χ4v) is 3.91. The Morgan fingerprint density at radius 3 is 2.57 bits per heavy atom. The van der Waals surface area contributed by atoms with Gasteiger partial charge < -0.3 is 10.2 Å². The van der Waals surface area contributed by atoms with E-state index >= 15 is 0 Å². The van der Waals surface area contributed by atoms with E-state index in [-0.39, 0.29) is 17.7 Å². The molecule has 3 aromatic rings. The molecule has 0 amide bonds. The third-order valence-corrected chi connectivity index (χ3v) is 5.40. The van der Waals surface area contributed by atoms with Gasteiger partial charge in [0.05, 0.1) is 23.4 Å². The summed E-state index contributed by atoms with van der Waals surface area (Å²) in [4.78, 5) is 15.7. The molecule has 0 atom stereocenters. The highest BCUT2D eigenvalue weighted by molar-refractivity contribution is 5.89. The van der Waals surface area contributed by atoms with Crippen molar-refractivity contribution >= 4 is 5.97 Å². The number of carboxylic acid groups (broad SMARTS) is 1. The molecule has 6 heteroatoms. The van der Waals surface area contributed by atoms with E-state index in [0.29, 0.717) is 12.0 Å². The van der Waals surface area contributed by atoms with Crippen LogP contribution in [0.4, 0.5) is 0 Å². The lowest BCUT2D eigenvalue weighted by Crippen LogP contribution is -2.23. The molecule has 4 rings (SSSR count). The highest BCUT2D eigenvalue weighted by Gasteiger charge is 2.25. The number of aliphatic hydroxyl groups is 1. The Labute approximate surface area is 163 Å². The molecule has 1 saturated carbocycles. The molecule has 1 aliphatic carbocycles.